The van der Waals surface area contributed by atoms with Crippen LogP contribution in [-0.4, -0.2) is 21.1 Å². The van der Waals surface area contributed by atoms with E-state index in [4.69, 9.17) is 0 Å². The lowest BCUT2D eigenvalue weighted by Crippen LogP contribution is -2.30. The van der Waals surface area contributed by atoms with Crippen molar-refractivity contribution in [3.63, 3.8) is 0 Å². The van der Waals surface area contributed by atoms with Gasteiger partial charge in [0, 0.05) is 6.54 Å². The molecule has 1 unspecified atom stereocenters. The zero-order valence-corrected chi connectivity index (χ0v) is 12.8. The molecule has 2 rings (SSSR count). The molecule has 1 aromatic rings. The van der Waals surface area contributed by atoms with E-state index in [1.54, 1.807) is 10.9 Å². The van der Waals surface area contributed by atoms with E-state index in [0.717, 1.165) is 0 Å². The smallest absolute Gasteiger partial charge is 0.386 e. The van der Waals surface area contributed by atoms with Crippen LogP contribution in [0.5, 0.6) is 0 Å². The molecule has 3 nitrogen and oxygen atoms in total. The first-order valence-electron chi connectivity index (χ1n) is 6.80. The molecule has 0 amide bonds. The van der Waals surface area contributed by atoms with Gasteiger partial charge in [0.1, 0.15) is 0 Å². The van der Waals surface area contributed by atoms with Crippen molar-refractivity contribution in [2.45, 2.75) is 51.4 Å². The number of hydrogen-bond acceptors (Lipinski definition) is 2. The van der Waals surface area contributed by atoms with Gasteiger partial charge in [-0.2, -0.15) is 18.3 Å². The Kier molecular flexibility index (Phi) is 4.79. The quantitative estimate of drug-likeness (QED) is 0.888. The fourth-order valence-corrected chi connectivity index (χ4v) is 3.43. The van der Waals surface area contributed by atoms with Crippen LogP contribution in [0.1, 0.15) is 44.4 Å². The Hall–Kier alpha value is -0.560. The molecule has 1 atom stereocenters. The molecule has 1 aromatic heterocycles. The minimum atomic E-state index is -4.11. The summed E-state index contributed by atoms with van der Waals surface area (Å²) in [5.74, 6) is -1.35. The maximum atomic E-state index is 12.6. The highest BCUT2D eigenvalue weighted by Gasteiger charge is 2.42. The first-order chi connectivity index (χ1) is 9.34. The Balaban J connectivity index is 2.05. The SMILES string of the molecule is CCn1ncc(Br)c1C(O)C1CCC(C(F)(F)F)CC1. The van der Waals surface area contributed by atoms with Gasteiger partial charge >= 0.3 is 6.18 Å². The second-order valence-corrected chi connectivity index (χ2v) is 6.15. The Bertz CT molecular complexity index is 453. The van der Waals surface area contributed by atoms with Crippen LogP contribution < -0.4 is 0 Å². The number of aliphatic hydroxyl groups excluding tert-OH is 1. The average molecular weight is 355 g/mol. The van der Waals surface area contributed by atoms with Crippen molar-refractivity contribution in [2.75, 3.05) is 0 Å². The highest BCUT2D eigenvalue weighted by Crippen LogP contribution is 2.43. The molecule has 0 aliphatic heterocycles. The monoisotopic (exact) mass is 354 g/mol. The van der Waals surface area contributed by atoms with Gasteiger partial charge in [-0.25, -0.2) is 0 Å². The van der Waals surface area contributed by atoms with Crippen LogP contribution in [0.25, 0.3) is 0 Å². The normalized spacial score (nSPS) is 25.7. The highest BCUT2D eigenvalue weighted by molar-refractivity contribution is 9.10. The van der Waals surface area contributed by atoms with Crippen LogP contribution in [0.3, 0.4) is 0 Å². The van der Waals surface area contributed by atoms with Gasteiger partial charge in [0.15, 0.2) is 0 Å². The largest absolute Gasteiger partial charge is 0.391 e. The zero-order chi connectivity index (χ0) is 14.9. The molecule has 20 heavy (non-hydrogen) atoms. The van der Waals surface area contributed by atoms with E-state index in [9.17, 15) is 18.3 Å². The van der Waals surface area contributed by atoms with E-state index >= 15 is 0 Å². The second-order valence-electron chi connectivity index (χ2n) is 5.29. The topological polar surface area (TPSA) is 38.0 Å². The Morgan fingerprint density at radius 3 is 2.50 bits per heavy atom. The first kappa shape index (κ1) is 15.8. The molecule has 0 radical (unpaired) electrons. The molecule has 1 heterocycles. The summed E-state index contributed by atoms with van der Waals surface area (Å²) < 4.78 is 40.3. The van der Waals surface area contributed by atoms with Gasteiger partial charge in [-0.15, -0.1) is 0 Å². The Labute approximate surface area is 124 Å². The van der Waals surface area contributed by atoms with Gasteiger partial charge in [-0.1, -0.05) is 0 Å². The zero-order valence-electron chi connectivity index (χ0n) is 11.2. The molecule has 1 saturated carbocycles. The van der Waals surface area contributed by atoms with Crippen LogP contribution in [0.2, 0.25) is 0 Å². The van der Waals surface area contributed by atoms with E-state index in [-0.39, 0.29) is 18.8 Å². The summed E-state index contributed by atoms with van der Waals surface area (Å²) in [6, 6.07) is 0. The number of hydrogen-bond donors (Lipinski definition) is 1. The highest BCUT2D eigenvalue weighted by atomic mass is 79.9. The van der Waals surface area contributed by atoms with E-state index < -0.39 is 18.2 Å². The fourth-order valence-electron chi connectivity index (χ4n) is 2.90. The van der Waals surface area contributed by atoms with Crippen LogP contribution in [-0.2, 0) is 6.54 Å². The van der Waals surface area contributed by atoms with Gasteiger partial charge in [0.2, 0.25) is 0 Å². The summed E-state index contributed by atoms with van der Waals surface area (Å²) >= 11 is 3.35. The van der Waals surface area contributed by atoms with Gasteiger partial charge in [-0.05, 0) is 54.5 Å². The van der Waals surface area contributed by atoms with Gasteiger partial charge < -0.3 is 5.11 Å². The van der Waals surface area contributed by atoms with E-state index in [1.165, 1.54) is 0 Å². The third-order valence-electron chi connectivity index (χ3n) is 4.09. The number of aliphatic hydroxyl groups is 1. The number of alkyl halides is 3. The van der Waals surface area contributed by atoms with Crippen molar-refractivity contribution in [2.24, 2.45) is 11.8 Å². The summed E-state index contributed by atoms with van der Waals surface area (Å²) in [7, 11) is 0. The molecular formula is C13H18BrF3N2O. The predicted octanol–water partition coefficient (Wildman–Crippen LogP) is 4.07. The van der Waals surface area contributed by atoms with Crippen LogP contribution >= 0.6 is 15.9 Å². The lowest BCUT2D eigenvalue weighted by atomic mass is 9.78. The lowest BCUT2D eigenvalue weighted by Gasteiger charge is -2.32. The summed E-state index contributed by atoms with van der Waals surface area (Å²) in [5, 5.41) is 14.6. The average Bonchev–Trinajstić information content (AvgIpc) is 2.78. The molecular weight excluding hydrogens is 337 g/mol. The molecule has 1 aliphatic rings. The number of nitrogens with zero attached hydrogens (tertiary/aromatic N) is 2. The molecule has 1 N–H and O–H groups in total. The van der Waals surface area contributed by atoms with Gasteiger partial charge in [0.05, 0.1) is 28.4 Å². The number of rotatable bonds is 3. The number of aromatic nitrogens is 2. The van der Waals surface area contributed by atoms with Crippen molar-refractivity contribution >= 4 is 15.9 Å². The van der Waals surface area contributed by atoms with E-state index in [1.807, 2.05) is 6.92 Å². The maximum absolute atomic E-state index is 12.6. The second kappa shape index (κ2) is 6.05. The van der Waals surface area contributed by atoms with E-state index in [2.05, 4.69) is 21.0 Å². The summed E-state index contributed by atoms with van der Waals surface area (Å²) in [6.07, 6.45) is -2.27. The summed E-state index contributed by atoms with van der Waals surface area (Å²) in [5.41, 5.74) is 0.669. The standard InChI is InChI=1S/C13H18BrF3N2O/c1-2-19-11(10(14)7-18-19)12(20)8-3-5-9(6-4-8)13(15,16)17/h7-9,12,20H,2-6H2,1H3. The first-order valence-corrected chi connectivity index (χ1v) is 7.59. The Morgan fingerprint density at radius 1 is 1.40 bits per heavy atom. The molecule has 0 saturated heterocycles. The summed E-state index contributed by atoms with van der Waals surface area (Å²) in [6.45, 7) is 2.53. The fraction of sp³-hybridized carbons (Fsp3) is 0.769. The van der Waals surface area contributed by atoms with Crippen LogP contribution in [0.15, 0.2) is 10.7 Å². The lowest BCUT2D eigenvalue weighted by molar-refractivity contribution is -0.186. The van der Waals surface area contributed by atoms with Crippen LogP contribution in [0, 0.1) is 11.8 Å². The van der Waals surface area contributed by atoms with Crippen molar-refractivity contribution in [1.29, 1.82) is 0 Å². The number of halogens is 4. The van der Waals surface area contributed by atoms with E-state index in [0.29, 0.717) is 29.6 Å². The maximum Gasteiger partial charge on any atom is 0.391 e. The van der Waals surface area contributed by atoms with Crippen molar-refractivity contribution in [1.82, 2.24) is 9.78 Å². The van der Waals surface area contributed by atoms with Gasteiger partial charge in [0.25, 0.3) is 0 Å². The van der Waals surface area contributed by atoms with Crippen molar-refractivity contribution in [3.8, 4) is 0 Å². The van der Waals surface area contributed by atoms with Gasteiger partial charge in [-0.3, -0.25) is 4.68 Å². The molecule has 0 spiro atoms. The third kappa shape index (κ3) is 3.19. The minimum absolute atomic E-state index is 0.100. The predicted molar refractivity (Wildman–Crippen MR) is 72.1 cm³/mol. The molecule has 0 aromatic carbocycles. The molecule has 0 bridgehead atoms. The molecule has 7 heteroatoms. The molecule has 1 fully saturated rings. The van der Waals surface area contributed by atoms with Crippen molar-refractivity contribution < 1.29 is 18.3 Å². The third-order valence-corrected chi connectivity index (χ3v) is 4.71. The number of aryl methyl sites for hydroxylation is 1. The van der Waals surface area contributed by atoms with Crippen molar-refractivity contribution in [3.05, 3.63) is 16.4 Å². The molecule has 114 valence electrons. The Morgan fingerprint density at radius 2 is 2.00 bits per heavy atom. The van der Waals surface area contributed by atoms with Crippen LogP contribution in [0.4, 0.5) is 13.2 Å². The minimum Gasteiger partial charge on any atom is -0.386 e. The molecule has 1 aliphatic carbocycles. The summed E-state index contributed by atoms with van der Waals surface area (Å²) in [4.78, 5) is 0.